The molecule has 80 valence electrons. The van der Waals surface area contributed by atoms with Gasteiger partial charge in [0, 0.05) is 11.6 Å². The van der Waals surface area contributed by atoms with Crippen molar-refractivity contribution in [3.63, 3.8) is 0 Å². The summed E-state index contributed by atoms with van der Waals surface area (Å²) in [6.45, 7) is 0. The molecule has 0 aliphatic carbocycles. The third kappa shape index (κ3) is 2.00. The molecule has 4 nitrogen and oxygen atoms in total. The molecule has 0 bridgehead atoms. The summed E-state index contributed by atoms with van der Waals surface area (Å²) in [4.78, 5) is 21.8. The van der Waals surface area contributed by atoms with Gasteiger partial charge in [0.05, 0.1) is 6.08 Å². The predicted octanol–water partition coefficient (Wildman–Crippen LogP) is 1.60. The van der Waals surface area contributed by atoms with Gasteiger partial charge in [-0.3, -0.25) is 4.79 Å². The Labute approximate surface area is 91.5 Å². The molecule has 1 heterocycles. The van der Waals surface area contributed by atoms with E-state index in [9.17, 15) is 9.59 Å². The van der Waals surface area contributed by atoms with E-state index >= 15 is 0 Å². The zero-order valence-electron chi connectivity index (χ0n) is 8.21. The number of ether oxygens (including phenoxy) is 1. The van der Waals surface area contributed by atoms with Crippen LogP contribution in [0.4, 0.5) is 0 Å². The molecule has 0 saturated carbocycles. The van der Waals surface area contributed by atoms with E-state index in [-0.39, 0.29) is 5.76 Å². The molecule has 0 spiro atoms. The molecule has 16 heavy (non-hydrogen) atoms. The number of aliphatic carboxylic acids is 1. The largest absolute Gasteiger partial charge is 0.478 e. The Morgan fingerprint density at radius 3 is 2.56 bits per heavy atom. The number of hydrogen-bond donors (Lipinski definition) is 1. The second-order valence-corrected chi connectivity index (χ2v) is 3.19. The number of carboxylic acids is 1. The van der Waals surface area contributed by atoms with Crippen molar-refractivity contribution >= 4 is 17.5 Å². The maximum absolute atomic E-state index is 11.4. The van der Waals surface area contributed by atoms with Crippen LogP contribution in [0.5, 0.6) is 0 Å². The van der Waals surface area contributed by atoms with E-state index < -0.39 is 11.8 Å². The lowest BCUT2D eigenvalue weighted by molar-refractivity contribution is -0.132. The van der Waals surface area contributed by atoms with Crippen LogP contribution in [0, 0.1) is 0 Å². The third-order valence-corrected chi connectivity index (χ3v) is 2.04. The Bertz CT molecular complexity index is 497. The summed E-state index contributed by atoms with van der Waals surface area (Å²) in [5, 5.41) is 8.52. The number of benzene rings is 1. The zero-order chi connectivity index (χ0) is 11.5. The van der Waals surface area contributed by atoms with Gasteiger partial charge in [-0.2, -0.15) is 0 Å². The van der Waals surface area contributed by atoms with E-state index in [0.717, 1.165) is 11.6 Å². The van der Waals surface area contributed by atoms with Crippen LogP contribution in [0.15, 0.2) is 48.2 Å². The monoisotopic (exact) mass is 216 g/mol. The van der Waals surface area contributed by atoms with Gasteiger partial charge >= 0.3 is 5.97 Å². The minimum atomic E-state index is -1.20. The zero-order valence-corrected chi connectivity index (χ0v) is 8.21. The van der Waals surface area contributed by atoms with Gasteiger partial charge in [-0.15, -0.1) is 0 Å². The lowest BCUT2D eigenvalue weighted by Crippen LogP contribution is -1.98. The van der Waals surface area contributed by atoms with Crippen LogP contribution < -0.4 is 0 Å². The number of ketones is 1. The van der Waals surface area contributed by atoms with E-state index in [1.807, 2.05) is 18.2 Å². The fourth-order valence-corrected chi connectivity index (χ4v) is 1.35. The lowest BCUT2D eigenvalue weighted by atomic mass is 10.2. The average Bonchev–Trinajstić information content (AvgIpc) is 2.61. The molecule has 1 N–H and O–H groups in total. The highest BCUT2D eigenvalue weighted by atomic mass is 16.5. The molecule has 0 fully saturated rings. The van der Waals surface area contributed by atoms with E-state index in [2.05, 4.69) is 0 Å². The maximum Gasteiger partial charge on any atom is 0.332 e. The summed E-state index contributed by atoms with van der Waals surface area (Å²) in [6.07, 6.45) is 2.04. The van der Waals surface area contributed by atoms with Crippen molar-refractivity contribution < 1.29 is 19.4 Å². The molecule has 1 aromatic rings. The molecule has 0 atom stereocenters. The Kier molecular flexibility index (Phi) is 2.55. The van der Waals surface area contributed by atoms with Crippen LogP contribution in [0.1, 0.15) is 5.56 Å². The van der Waals surface area contributed by atoms with E-state index in [1.165, 1.54) is 6.08 Å². The SMILES string of the molecule is O=C(O)C=C1OC(c2ccccc2)=CC1=O. The minimum absolute atomic E-state index is 0.161. The standard InChI is InChI=1S/C12H8O4/c13-9-6-10(8-4-2-1-3-5-8)16-11(9)7-12(14)15/h1-7H,(H,14,15). The van der Waals surface area contributed by atoms with Crippen LogP contribution in [0.2, 0.25) is 0 Å². The van der Waals surface area contributed by atoms with Gasteiger partial charge in [0.25, 0.3) is 0 Å². The fourth-order valence-electron chi connectivity index (χ4n) is 1.35. The van der Waals surface area contributed by atoms with Crippen molar-refractivity contribution in [3.05, 3.63) is 53.8 Å². The van der Waals surface area contributed by atoms with Crippen molar-refractivity contribution in [2.75, 3.05) is 0 Å². The quantitative estimate of drug-likeness (QED) is 0.762. The third-order valence-electron chi connectivity index (χ3n) is 2.04. The van der Waals surface area contributed by atoms with E-state index in [0.29, 0.717) is 5.76 Å². The average molecular weight is 216 g/mol. The highest BCUT2D eigenvalue weighted by molar-refractivity contribution is 6.12. The number of carbonyl (C=O) groups is 2. The molecule has 0 unspecified atom stereocenters. The second-order valence-electron chi connectivity index (χ2n) is 3.19. The summed E-state index contributed by atoms with van der Waals surface area (Å²) in [5.74, 6) is -1.42. The highest BCUT2D eigenvalue weighted by Crippen LogP contribution is 2.25. The first-order valence-electron chi connectivity index (χ1n) is 4.61. The Hall–Kier alpha value is -2.36. The Morgan fingerprint density at radius 1 is 1.25 bits per heavy atom. The molecule has 1 aromatic carbocycles. The van der Waals surface area contributed by atoms with Gasteiger partial charge in [0.2, 0.25) is 5.78 Å². The van der Waals surface area contributed by atoms with Gasteiger partial charge in [-0.05, 0) is 0 Å². The first-order valence-corrected chi connectivity index (χ1v) is 4.61. The highest BCUT2D eigenvalue weighted by Gasteiger charge is 2.22. The number of allylic oxidation sites excluding steroid dienone is 1. The smallest absolute Gasteiger partial charge is 0.332 e. The normalized spacial score (nSPS) is 17.1. The van der Waals surface area contributed by atoms with Crippen LogP contribution in [0.25, 0.3) is 5.76 Å². The van der Waals surface area contributed by atoms with Gasteiger partial charge in [0.15, 0.2) is 5.76 Å². The van der Waals surface area contributed by atoms with Gasteiger partial charge in [0.1, 0.15) is 5.76 Å². The van der Waals surface area contributed by atoms with Crippen LogP contribution >= 0.6 is 0 Å². The summed E-state index contributed by atoms with van der Waals surface area (Å²) >= 11 is 0. The molecule has 4 heteroatoms. The fraction of sp³-hybridized carbons (Fsp3) is 0. The Balaban J connectivity index is 2.27. The van der Waals surface area contributed by atoms with Crippen molar-refractivity contribution in [1.82, 2.24) is 0 Å². The van der Waals surface area contributed by atoms with Crippen LogP contribution in [-0.4, -0.2) is 16.9 Å². The maximum atomic E-state index is 11.4. The van der Waals surface area contributed by atoms with Gasteiger partial charge in [-0.25, -0.2) is 4.79 Å². The van der Waals surface area contributed by atoms with Crippen molar-refractivity contribution in [3.8, 4) is 0 Å². The van der Waals surface area contributed by atoms with E-state index in [1.54, 1.807) is 12.1 Å². The minimum Gasteiger partial charge on any atom is -0.478 e. The summed E-state index contributed by atoms with van der Waals surface area (Å²) in [7, 11) is 0. The number of hydrogen-bond acceptors (Lipinski definition) is 3. The Morgan fingerprint density at radius 2 is 1.94 bits per heavy atom. The second kappa shape index (κ2) is 4.02. The molecular weight excluding hydrogens is 208 g/mol. The van der Waals surface area contributed by atoms with Crippen molar-refractivity contribution in [2.45, 2.75) is 0 Å². The molecule has 0 amide bonds. The molecule has 0 aromatic heterocycles. The van der Waals surface area contributed by atoms with Gasteiger partial charge < -0.3 is 9.84 Å². The molecule has 2 rings (SSSR count). The first kappa shape index (κ1) is 10.2. The number of carboxylic acid groups (broad SMARTS) is 1. The molecule has 0 radical (unpaired) electrons. The molecule has 0 saturated heterocycles. The lowest BCUT2D eigenvalue weighted by Gasteiger charge is -2.02. The summed E-state index contributed by atoms with van der Waals surface area (Å²) in [5.41, 5.74) is 0.740. The van der Waals surface area contributed by atoms with E-state index in [4.69, 9.17) is 9.84 Å². The topological polar surface area (TPSA) is 63.6 Å². The van der Waals surface area contributed by atoms with Crippen molar-refractivity contribution in [1.29, 1.82) is 0 Å². The molecule has 1 aliphatic heterocycles. The number of rotatable bonds is 2. The predicted molar refractivity (Wildman–Crippen MR) is 56.2 cm³/mol. The molecular formula is C12H8O4. The summed E-state index contributed by atoms with van der Waals surface area (Å²) in [6, 6.07) is 9.02. The van der Waals surface area contributed by atoms with Gasteiger partial charge in [-0.1, -0.05) is 30.3 Å². The van der Waals surface area contributed by atoms with Crippen LogP contribution in [-0.2, 0) is 14.3 Å². The molecule has 1 aliphatic rings. The van der Waals surface area contributed by atoms with Crippen LogP contribution in [0.3, 0.4) is 0 Å². The van der Waals surface area contributed by atoms with Crippen molar-refractivity contribution in [2.24, 2.45) is 0 Å². The first-order chi connectivity index (χ1) is 7.66. The number of carbonyl (C=O) groups excluding carboxylic acids is 1. The summed E-state index contributed by atoms with van der Waals surface area (Å²) < 4.78 is 5.16.